The van der Waals surface area contributed by atoms with Crippen LogP contribution in [0, 0.1) is 18.3 Å². The average molecular weight is 490 g/mol. The van der Waals surface area contributed by atoms with Gasteiger partial charge in [-0.2, -0.15) is 0 Å². The van der Waals surface area contributed by atoms with E-state index in [4.69, 9.17) is 0 Å². The summed E-state index contributed by atoms with van der Waals surface area (Å²) in [7, 11) is 0. The highest BCUT2D eigenvalue weighted by Gasteiger charge is 2.28. The minimum absolute atomic E-state index is 0.0641. The van der Waals surface area contributed by atoms with Crippen LogP contribution < -0.4 is 5.56 Å². The van der Waals surface area contributed by atoms with E-state index < -0.39 is 5.56 Å². The Morgan fingerprint density at radius 1 is 0.972 bits per heavy atom. The molecule has 1 amide bonds. The Morgan fingerprint density at radius 2 is 1.58 bits per heavy atom. The van der Waals surface area contributed by atoms with Crippen molar-refractivity contribution in [2.24, 2.45) is 11.3 Å². The molecular weight excluding hydrogens is 450 g/mol. The number of hydrogen-bond acceptors (Lipinski definition) is 3. The summed E-state index contributed by atoms with van der Waals surface area (Å²) in [5.41, 5.74) is 2.70. The van der Waals surface area contributed by atoms with Crippen molar-refractivity contribution in [1.82, 2.24) is 14.7 Å². The van der Waals surface area contributed by atoms with Crippen molar-refractivity contribution in [3.8, 4) is 16.9 Å². The highest BCUT2D eigenvalue weighted by atomic mass is 16.2. The molecule has 3 rings (SSSR count). The molecule has 1 atom stereocenters. The lowest BCUT2D eigenvalue weighted by molar-refractivity contribution is -0.133. The third-order valence-corrected chi connectivity index (χ3v) is 6.27. The Balaban J connectivity index is 1.97. The number of H-pyrrole nitrogens is 1. The summed E-state index contributed by atoms with van der Waals surface area (Å²) < 4.78 is 1.40. The number of Topliss-reactive ketones (excluding diaryl/α,β-unsaturated/α-hetero) is 1. The number of benzene rings is 2. The fourth-order valence-corrected chi connectivity index (χ4v) is 4.71. The molecule has 6 nitrogen and oxygen atoms in total. The number of hydrogen-bond donors (Lipinski definition) is 1. The Hall–Kier alpha value is -3.41. The van der Waals surface area contributed by atoms with E-state index in [1.54, 1.807) is 4.90 Å². The summed E-state index contributed by atoms with van der Waals surface area (Å²) in [6, 6.07) is 16.7. The van der Waals surface area contributed by atoms with E-state index in [1.807, 2.05) is 75.4 Å². The fraction of sp³-hybridized carbons (Fsp3) is 0.433. The Morgan fingerprint density at radius 3 is 2.14 bits per heavy atom. The van der Waals surface area contributed by atoms with Gasteiger partial charge < -0.3 is 4.90 Å². The van der Waals surface area contributed by atoms with Gasteiger partial charge in [0.05, 0.1) is 17.9 Å². The first-order valence-corrected chi connectivity index (χ1v) is 12.7. The number of aryl methyl sites for hydroxylation is 1. The number of aromatic nitrogens is 2. The summed E-state index contributed by atoms with van der Waals surface area (Å²) in [6.45, 7) is 14.2. The van der Waals surface area contributed by atoms with Crippen LogP contribution in [-0.2, 0) is 4.79 Å². The summed E-state index contributed by atoms with van der Waals surface area (Å²) in [5.74, 6) is -0.239. The lowest BCUT2D eigenvalue weighted by Gasteiger charge is -2.29. The Labute approximate surface area is 214 Å². The van der Waals surface area contributed by atoms with Crippen LogP contribution in [0.2, 0.25) is 0 Å². The van der Waals surface area contributed by atoms with Crippen LogP contribution in [0.15, 0.2) is 59.4 Å². The zero-order valence-electron chi connectivity index (χ0n) is 22.6. The average Bonchev–Trinajstić information content (AvgIpc) is 3.14. The van der Waals surface area contributed by atoms with Crippen molar-refractivity contribution in [2.75, 3.05) is 6.54 Å². The van der Waals surface area contributed by atoms with Crippen LogP contribution >= 0.6 is 0 Å². The quantitative estimate of drug-likeness (QED) is 0.373. The number of rotatable bonds is 9. The molecule has 1 N–H and O–H groups in total. The lowest BCUT2D eigenvalue weighted by atomic mass is 9.84. The van der Waals surface area contributed by atoms with Gasteiger partial charge in [-0.1, -0.05) is 75.7 Å². The number of amides is 1. The molecule has 1 aromatic heterocycles. The zero-order valence-corrected chi connectivity index (χ0v) is 22.6. The van der Waals surface area contributed by atoms with Crippen LogP contribution in [-0.4, -0.2) is 39.0 Å². The van der Waals surface area contributed by atoms with E-state index in [-0.39, 0.29) is 41.2 Å². The third kappa shape index (κ3) is 6.62. The molecule has 0 bridgehead atoms. The molecule has 0 aliphatic heterocycles. The number of aromatic amines is 1. The number of nitrogens with zero attached hydrogens (tertiary/aromatic N) is 2. The molecule has 1 heterocycles. The van der Waals surface area contributed by atoms with Gasteiger partial charge in [-0.15, -0.1) is 0 Å². The first-order chi connectivity index (χ1) is 16.9. The van der Waals surface area contributed by atoms with Gasteiger partial charge in [0.25, 0.3) is 5.56 Å². The first-order valence-electron chi connectivity index (χ1n) is 12.7. The Bertz CT molecular complexity index is 1250. The molecule has 36 heavy (non-hydrogen) atoms. The molecule has 192 valence electrons. The van der Waals surface area contributed by atoms with Gasteiger partial charge in [0.1, 0.15) is 5.56 Å². The molecule has 0 fully saturated rings. The molecular formula is C30H39N3O3. The van der Waals surface area contributed by atoms with Crippen LogP contribution in [0.1, 0.15) is 70.3 Å². The van der Waals surface area contributed by atoms with Crippen molar-refractivity contribution in [2.45, 2.75) is 67.3 Å². The largest absolute Gasteiger partial charge is 0.333 e. The maximum Gasteiger partial charge on any atom is 0.282 e. The van der Waals surface area contributed by atoms with Crippen molar-refractivity contribution in [3.05, 3.63) is 76.1 Å². The number of carbonyl (C=O) groups is 2. The highest BCUT2D eigenvalue weighted by Crippen LogP contribution is 2.27. The molecule has 6 heteroatoms. The van der Waals surface area contributed by atoms with Crippen LogP contribution in [0.25, 0.3) is 16.9 Å². The van der Waals surface area contributed by atoms with Gasteiger partial charge in [-0.05, 0) is 50.7 Å². The van der Waals surface area contributed by atoms with Crippen LogP contribution in [0.4, 0.5) is 0 Å². The maximum atomic E-state index is 13.7. The second kappa shape index (κ2) is 11.1. The molecule has 0 saturated heterocycles. The van der Waals surface area contributed by atoms with Crippen molar-refractivity contribution >= 4 is 11.7 Å². The number of ketones is 1. The smallest absolute Gasteiger partial charge is 0.282 e. The van der Waals surface area contributed by atoms with E-state index in [0.717, 1.165) is 17.5 Å². The third-order valence-electron chi connectivity index (χ3n) is 6.27. The molecule has 0 aliphatic rings. The zero-order chi connectivity index (χ0) is 26.6. The van der Waals surface area contributed by atoms with Crippen molar-refractivity contribution in [1.29, 1.82) is 0 Å². The van der Waals surface area contributed by atoms with Crippen molar-refractivity contribution < 1.29 is 9.59 Å². The monoisotopic (exact) mass is 489 g/mol. The minimum atomic E-state index is -0.417. The summed E-state index contributed by atoms with van der Waals surface area (Å²) in [5, 5.41) is 3.15. The van der Waals surface area contributed by atoms with E-state index in [0.29, 0.717) is 17.8 Å². The normalized spacial score (nSPS) is 12.6. The first kappa shape index (κ1) is 27.2. The van der Waals surface area contributed by atoms with E-state index >= 15 is 0 Å². The fourth-order valence-electron chi connectivity index (χ4n) is 4.71. The van der Waals surface area contributed by atoms with E-state index in [2.05, 4.69) is 32.8 Å². The van der Waals surface area contributed by atoms with Crippen LogP contribution in [0.5, 0.6) is 0 Å². The SMILES string of the molecule is Cc1ccc(-n2[nH]c(-c3ccccc3)c(C(=O)CN(C(=O)CC(C)CC(C)(C)C)C(C)C)c2=O)cc1. The van der Waals surface area contributed by atoms with Gasteiger partial charge in [0.2, 0.25) is 5.91 Å². The number of carbonyl (C=O) groups excluding carboxylic acids is 2. The predicted octanol–water partition coefficient (Wildman–Crippen LogP) is 6.02. The van der Waals surface area contributed by atoms with Gasteiger partial charge in [-0.25, -0.2) is 4.68 Å². The molecule has 1 unspecified atom stereocenters. The summed E-state index contributed by atoms with van der Waals surface area (Å²) in [6.07, 6.45) is 1.28. The standard InChI is InChI=1S/C30H39N3O3/c1-20(2)32(26(35)17-22(4)18-30(5,6)7)19-25(34)27-28(23-11-9-8-10-12-23)31-33(29(27)36)24-15-13-21(3)14-16-24/h8-16,20,22,31H,17-19H2,1-7H3. The lowest BCUT2D eigenvalue weighted by Crippen LogP contribution is -2.42. The maximum absolute atomic E-state index is 13.7. The van der Waals surface area contributed by atoms with Crippen molar-refractivity contribution in [3.63, 3.8) is 0 Å². The second-order valence-electron chi connectivity index (χ2n) is 11.3. The van der Waals surface area contributed by atoms with Gasteiger partial charge in [0, 0.05) is 18.0 Å². The second-order valence-corrected chi connectivity index (χ2v) is 11.3. The van der Waals surface area contributed by atoms with E-state index in [1.165, 1.54) is 4.68 Å². The van der Waals surface area contributed by atoms with Gasteiger partial charge in [0.15, 0.2) is 5.78 Å². The predicted molar refractivity (Wildman–Crippen MR) is 146 cm³/mol. The molecule has 0 spiro atoms. The topological polar surface area (TPSA) is 75.2 Å². The summed E-state index contributed by atoms with van der Waals surface area (Å²) >= 11 is 0. The van der Waals surface area contributed by atoms with Gasteiger partial charge >= 0.3 is 0 Å². The molecule has 3 aromatic rings. The Kier molecular flexibility index (Phi) is 8.39. The number of nitrogens with one attached hydrogen (secondary N) is 1. The molecule has 0 saturated carbocycles. The molecule has 0 aliphatic carbocycles. The minimum Gasteiger partial charge on any atom is -0.333 e. The highest BCUT2D eigenvalue weighted by molar-refractivity contribution is 6.03. The molecule has 0 radical (unpaired) electrons. The summed E-state index contributed by atoms with van der Waals surface area (Å²) in [4.78, 5) is 42.0. The van der Waals surface area contributed by atoms with Crippen LogP contribution in [0.3, 0.4) is 0 Å². The van der Waals surface area contributed by atoms with Gasteiger partial charge in [-0.3, -0.25) is 19.5 Å². The van der Waals surface area contributed by atoms with E-state index in [9.17, 15) is 14.4 Å². The molecule has 2 aromatic carbocycles.